The first kappa shape index (κ1) is 24.2. The van der Waals surface area contributed by atoms with Gasteiger partial charge in [0.1, 0.15) is 47.6 Å². The number of ether oxygens (including phenoxy) is 3. The van der Waals surface area contributed by atoms with Crippen LogP contribution in [0.5, 0.6) is 11.5 Å². The standard InChI is InChI=1S/C23H22N2O9S/c1-12(26)32-9-13-11-35-22-18(21(28)25(22)19(13)23(29)30)24-20(27)17-8-7-16(34-17)10-33-15-5-3-14(31-2)4-6-15/h3-8,18,22H,9-11H2,1-2H3,(H,24,27)(H,29,30)/t18-,22-/m1/s1. The van der Waals surface area contributed by atoms with E-state index in [0.29, 0.717) is 22.8 Å². The van der Waals surface area contributed by atoms with Crippen LogP contribution in [-0.2, 0) is 25.7 Å². The lowest BCUT2D eigenvalue weighted by molar-refractivity contribution is -0.149. The van der Waals surface area contributed by atoms with Crippen molar-refractivity contribution >= 4 is 35.5 Å². The summed E-state index contributed by atoms with van der Waals surface area (Å²) in [4.78, 5) is 49.3. The highest BCUT2D eigenvalue weighted by atomic mass is 32.2. The Labute approximate surface area is 204 Å². The van der Waals surface area contributed by atoms with Gasteiger partial charge < -0.3 is 29.1 Å². The summed E-state index contributed by atoms with van der Waals surface area (Å²) in [7, 11) is 1.57. The lowest BCUT2D eigenvalue weighted by Gasteiger charge is -2.49. The molecule has 0 bridgehead atoms. The number of rotatable bonds is 9. The summed E-state index contributed by atoms with van der Waals surface area (Å²) in [6.07, 6.45) is 0. The molecule has 3 heterocycles. The Bertz CT molecular complexity index is 1190. The molecule has 2 aromatic rings. The van der Waals surface area contributed by atoms with Crippen LogP contribution >= 0.6 is 11.8 Å². The number of furan rings is 1. The van der Waals surface area contributed by atoms with Crippen LogP contribution in [0.15, 0.2) is 52.1 Å². The molecule has 1 fully saturated rings. The molecule has 2 amide bonds. The van der Waals surface area contributed by atoms with Crippen molar-refractivity contribution in [2.75, 3.05) is 19.5 Å². The van der Waals surface area contributed by atoms with E-state index in [1.54, 1.807) is 37.4 Å². The van der Waals surface area contributed by atoms with Crippen molar-refractivity contribution in [3.63, 3.8) is 0 Å². The number of amides is 2. The van der Waals surface area contributed by atoms with E-state index in [0.717, 1.165) is 4.90 Å². The lowest BCUT2D eigenvalue weighted by Crippen LogP contribution is -2.70. The zero-order chi connectivity index (χ0) is 25.1. The number of methoxy groups -OCH3 is 1. The molecule has 4 rings (SSSR count). The second-order valence-corrected chi connectivity index (χ2v) is 8.73. The summed E-state index contributed by atoms with van der Waals surface area (Å²) in [5, 5.41) is 11.6. The smallest absolute Gasteiger partial charge is 0.352 e. The number of carboxylic acids is 1. The second kappa shape index (κ2) is 10.1. The second-order valence-electron chi connectivity index (χ2n) is 7.63. The van der Waals surface area contributed by atoms with E-state index in [1.807, 2.05) is 0 Å². The fraction of sp³-hybridized carbons (Fsp3) is 0.304. The number of nitrogens with zero attached hydrogens (tertiary/aromatic N) is 1. The van der Waals surface area contributed by atoms with Crippen LogP contribution in [0.2, 0.25) is 0 Å². The van der Waals surface area contributed by atoms with Gasteiger partial charge in [-0.1, -0.05) is 0 Å². The largest absolute Gasteiger partial charge is 0.497 e. The van der Waals surface area contributed by atoms with Crippen LogP contribution in [0.25, 0.3) is 0 Å². The number of nitrogens with one attached hydrogen (secondary N) is 1. The van der Waals surface area contributed by atoms with Gasteiger partial charge in [0, 0.05) is 18.2 Å². The number of β-lactam (4-membered cyclic amide) rings is 1. The van der Waals surface area contributed by atoms with E-state index in [4.69, 9.17) is 18.6 Å². The molecule has 2 aliphatic rings. The first-order chi connectivity index (χ1) is 16.8. The van der Waals surface area contributed by atoms with Gasteiger partial charge in [0.25, 0.3) is 11.8 Å². The molecule has 0 saturated carbocycles. The molecule has 11 nitrogen and oxygen atoms in total. The molecular weight excluding hydrogens is 480 g/mol. The van der Waals surface area contributed by atoms with Gasteiger partial charge in [0.15, 0.2) is 5.76 Å². The van der Waals surface area contributed by atoms with Gasteiger partial charge >= 0.3 is 11.9 Å². The minimum absolute atomic E-state index is 0.00469. The van der Waals surface area contributed by atoms with Gasteiger partial charge in [-0.25, -0.2) is 4.79 Å². The van der Waals surface area contributed by atoms with Crippen molar-refractivity contribution in [1.82, 2.24) is 10.2 Å². The maximum absolute atomic E-state index is 12.7. The zero-order valence-electron chi connectivity index (χ0n) is 18.8. The van der Waals surface area contributed by atoms with Gasteiger partial charge in [-0.3, -0.25) is 19.3 Å². The number of carboxylic acid groups (broad SMARTS) is 1. The highest BCUT2D eigenvalue weighted by molar-refractivity contribution is 8.00. The van der Waals surface area contributed by atoms with Gasteiger partial charge in [-0.2, -0.15) is 0 Å². The minimum Gasteiger partial charge on any atom is -0.497 e. The monoisotopic (exact) mass is 502 g/mol. The van der Waals surface area contributed by atoms with Crippen molar-refractivity contribution in [2.24, 2.45) is 0 Å². The van der Waals surface area contributed by atoms with E-state index in [2.05, 4.69) is 5.32 Å². The van der Waals surface area contributed by atoms with Crippen molar-refractivity contribution < 1.29 is 42.9 Å². The van der Waals surface area contributed by atoms with Crippen LogP contribution in [-0.4, -0.2) is 64.6 Å². The predicted molar refractivity (Wildman–Crippen MR) is 122 cm³/mol. The average Bonchev–Trinajstić information content (AvgIpc) is 3.33. The number of esters is 1. The Morgan fingerprint density at radius 3 is 2.51 bits per heavy atom. The van der Waals surface area contributed by atoms with Crippen molar-refractivity contribution in [3.05, 3.63) is 59.2 Å². The number of fused-ring (bicyclic) bond motifs is 1. The molecule has 0 spiro atoms. The number of benzene rings is 1. The molecule has 35 heavy (non-hydrogen) atoms. The van der Waals surface area contributed by atoms with Gasteiger partial charge in [-0.15, -0.1) is 11.8 Å². The average molecular weight is 503 g/mol. The van der Waals surface area contributed by atoms with Crippen LogP contribution < -0.4 is 14.8 Å². The summed E-state index contributed by atoms with van der Waals surface area (Å²) in [6, 6.07) is 9.13. The molecule has 1 saturated heterocycles. The molecular formula is C23H22N2O9S. The Morgan fingerprint density at radius 1 is 1.14 bits per heavy atom. The van der Waals surface area contributed by atoms with Gasteiger partial charge in [0.05, 0.1) is 7.11 Å². The van der Waals surface area contributed by atoms with Crippen molar-refractivity contribution in [1.29, 1.82) is 0 Å². The Kier molecular flexibility index (Phi) is 7.01. The maximum atomic E-state index is 12.7. The molecule has 2 aliphatic heterocycles. The summed E-state index contributed by atoms with van der Waals surface area (Å²) < 4.78 is 21.2. The molecule has 1 aromatic carbocycles. The summed E-state index contributed by atoms with van der Waals surface area (Å²) in [5.74, 6) is -1.10. The maximum Gasteiger partial charge on any atom is 0.352 e. The summed E-state index contributed by atoms with van der Waals surface area (Å²) in [5.41, 5.74) is 0.0982. The zero-order valence-corrected chi connectivity index (χ0v) is 19.6. The van der Waals surface area contributed by atoms with Crippen molar-refractivity contribution in [2.45, 2.75) is 24.9 Å². The first-order valence-electron chi connectivity index (χ1n) is 10.5. The molecule has 12 heteroatoms. The van der Waals surface area contributed by atoms with E-state index in [1.165, 1.54) is 24.8 Å². The summed E-state index contributed by atoms with van der Waals surface area (Å²) in [6.45, 7) is 1.09. The molecule has 2 N–H and O–H groups in total. The van der Waals surface area contributed by atoms with E-state index in [9.17, 15) is 24.3 Å². The summed E-state index contributed by atoms with van der Waals surface area (Å²) >= 11 is 1.27. The fourth-order valence-corrected chi connectivity index (χ4v) is 4.93. The van der Waals surface area contributed by atoms with Gasteiger partial charge in [0.2, 0.25) is 0 Å². The highest BCUT2D eigenvalue weighted by Gasteiger charge is 2.54. The number of aliphatic carboxylic acids is 1. The number of carbonyl (C=O) groups excluding carboxylic acids is 3. The van der Waals surface area contributed by atoms with Crippen molar-refractivity contribution in [3.8, 4) is 11.5 Å². The Balaban J connectivity index is 1.36. The molecule has 2 atom stereocenters. The number of carbonyl (C=O) groups is 4. The molecule has 0 radical (unpaired) electrons. The normalized spacial score (nSPS) is 18.9. The number of hydrogen-bond donors (Lipinski definition) is 2. The minimum atomic E-state index is -1.30. The van der Waals surface area contributed by atoms with Crippen LogP contribution in [0.1, 0.15) is 23.2 Å². The topological polar surface area (TPSA) is 145 Å². The highest BCUT2D eigenvalue weighted by Crippen LogP contribution is 2.40. The first-order valence-corrected chi connectivity index (χ1v) is 11.5. The van der Waals surface area contributed by atoms with Crippen LogP contribution in [0.4, 0.5) is 0 Å². The SMILES string of the molecule is COc1ccc(OCc2ccc(C(=O)N[C@@H]3C(=O)N4C(C(=O)O)=C(COC(C)=O)CS[C@H]34)o2)cc1. The fourth-order valence-electron chi connectivity index (χ4n) is 3.60. The van der Waals surface area contributed by atoms with Gasteiger partial charge in [-0.05, 0) is 36.4 Å². The third kappa shape index (κ3) is 5.11. The Hall–Kier alpha value is -3.93. The predicted octanol–water partition coefficient (Wildman–Crippen LogP) is 1.78. The molecule has 0 unspecified atom stereocenters. The molecule has 184 valence electrons. The van der Waals surface area contributed by atoms with E-state index >= 15 is 0 Å². The Morgan fingerprint density at radius 2 is 1.86 bits per heavy atom. The number of thioether (sulfide) groups is 1. The van der Waals surface area contributed by atoms with E-state index in [-0.39, 0.29) is 30.4 Å². The molecule has 1 aromatic heterocycles. The van der Waals surface area contributed by atoms with Crippen LogP contribution in [0.3, 0.4) is 0 Å². The molecule has 0 aliphatic carbocycles. The van der Waals surface area contributed by atoms with Crippen LogP contribution in [0, 0.1) is 0 Å². The third-order valence-corrected chi connectivity index (χ3v) is 6.65. The quantitative estimate of drug-likeness (QED) is 0.384. The third-order valence-electron chi connectivity index (χ3n) is 5.31. The lowest BCUT2D eigenvalue weighted by atomic mass is 10.0. The van der Waals surface area contributed by atoms with E-state index < -0.39 is 35.2 Å². The number of hydrogen-bond acceptors (Lipinski definition) is 9.